The van der Waals surface area contributed by atoms with Crippen molar-refractivity contribution in [3.63, 3.8) is 0 Å². The zero-order chi connectivity index (χ0) is 21.6. The molecule has 2 N–H and O–H groups in total. The number of ether oxygens (including phenoxy) is 1. The third kappa shape index (κ3) is 5.81. The molecule has 0 heterocycles. The van der Waals surface area contributed by atoms with Crippen LogP contribution in [0.4, 0.5) is 15.8 Å². The summed E-state index contributed by atoms with van der Waals surface area (Å²) in [6.45, 7) is 2.47. The molecule has 30 heavy (non-hydrogen) atoms. The molecule has 0 saturated carbocycles. The van der Waals surface area contributed by atoms with Crippen LogP contribution < -0.4 is 14.8 Å². The van der Waals surface area contributed by atoms with Crippen molar-refractivity contribution in [1.29, 1.82) is 0 Å². The topological polar surface area (TPSA) is 84.5 Å². The van der Waals surface area contributed by atoms with Crippen LogP contribution in [0.1, 0.15) is 12.5 Å². The normalized spacial score (nSPS) is 11.0. The molecule has 1 amide bonds. The van der Waals surface area contributed by atoms with Gasteiger partial charge in [-0.3, -0.25) is 9.52 Å². The summed E-state index contributed by atoms with van der Waals surface area (Å²) in [6, 6.07) is 18.1. The third-order valence-electron chi connectivity index (χ3n) is 4.14. The van der Waals surface area contributed by atoms with Gasteiger partial charge in [0.05, 0.1) is 17.9 Å². The van der Waals surface area contributed by atoms with E-state index < -0.39 is 15.8 Å². The highest BCUT2D eigenvalue weighted by Crippen LogP contribution is 2.18. The number of sulfonamides is 1. The van der Waals surface area contributed by atoms with Crippen LogP contribution in [0.2, 0.25) is 0 Å². The van der Waals surface area contributed by atoms with Gasteiger partial charge in [-0.25, -0.2) is 12.8 Å². The molecule has 3 aromatic carbocycles. The molecule has 0 atom stereocenters. The van der Waals surface area contributed by atoms with Gasteiger partial charge in [0, 0.05) is 11.4 Å². The van der Waals surface area contributed by atoms with Crippen molar-refractivity contribution in [3.8, 4) is 5.75 Å². The van der Waals surface area contributed by atoms with Gasteiger partial charge in [-0.15, -0.1) is 0 Å². The molecular weight excluding hydrogens is 407 g/mol. The smallest absolute Gasteiger partial charge is 0.261 e. The number of nitrogens with one attached hydrogen (secondary N) is 2. The fourth-order valence-electron chi connectivity index (χ4n) is 2.71. The first-order valence-corrected chi connectivity index (χ1v) is 10.7. The van der Waals surface area contributed by atoms with E-state index in [1.165, 1.54) is 12.1 Å². The van der Waals surface area contributed by atoms with Crippen LogP contribution in [-0.4, -0.2) is 20.9 Å². The van der Waals surface area contributed by atoms with Gasteiger partial charge in [0.1, 0.15) is 11.6 Å². The number of hydrogen-bond donors (Lipinski definition) is 2. The molecule has 0 bridgehead atoms. The summed E-state index contributed by atoms with van der Waals surface area (Å²) in [4.78, 5) is 12.2. The second-order valence-electron chi connectivity index (χ2n) is 6.44. The number of carbonyl (C=O) groups is 1. The first-order chi connectivity index (χ1) is 14.4. The monoisotopic (exact) mass is 428 g/mol. The number of benzene rings is 3. The Labute approximate surface area is 174 Å². The molecular formula is C22H21FN2O4S. The number of amides is 1. The fraction of sp³-hybridized carbons (Fsp3) is 0.136. The van der Waals surface area contributed by atoms with E-state index in [-0.39, 0.29) is 17.2 Å². The minimum absolute atomic E-state index is 0.0392. The Balaban J connectivity index is 1.58. The van der Waals surface area contributed by atoms with E-state index >= 15 is 0 Å². The Kier molecular flexibility index (Phi) is 6.68. The van der Waals surface area contributed by atoms with E-state index in [4.69, 9.17) is 4.74 Å². The molecule has 0 unspecified atom stereocenters. The van der Waals surface area contributed by atoms with Crippen LogP contribution >= 0.6 is 0 Å². The Morgan fingerprint density at radius 3 is 2.10 bits per heavy atom. The Bertz CT molecular complexity index is 1100. The number of halogens is 1. The van der Waals surface area contributed by atoms with Crippen molar-refractivity contribution in [2.45, 2.75) is 18.2 Å². The Morgan fingerprint density at radius 1 is 0.900 bits per heavy atom. The van der Waals surface area contributed by atoms with Gasteiger partial charge in [0.15, 0.2) is 0 Å². The van der Waals surface area contributed by atoms with Crippen molar-refractivity contribution in [2.24, 2.45) is 0 Å². The molecule has 0 aromatic heterocycles. The van der Waals surface area contributed by atoms with E-state index in [1.807, 2.05) is 6.92 Å². The molecule has 8 heteroatoms. The van der Waals surface area contributed by atoms with E-state index in [1.54, 1.807) is 48.5 Å². The SMILES string of the molecule is CCOc1ccc(NC(=O)Cc2ccc(NS(=O)(=O)c3ccc(F)cc3)cc2)cc1. The molecule has 3 aromatic rings. The van der Waals surface area contributed by atoms with Gasteiger partial charge < -0.3 is 10.1 Å². The van der Waals surface area contributed by atoms with Gasteiger partial charge in [0.2, 0.25) is 5.91 Å². The number of rotatable bonds is 8. The maximum atomic E-state index is 13.0. The zero-order valence-corrected chi connectivity index (χ0v) is 17.1. The van der Waals surface area contributed by atoms with Crippen LogP contribution in [0.3, 0.4) is 0 Å². The first kappa shape index (κ1) is 21.3. The molecule has 0 spiro atoms. The van der Waals surface area contributed by atoms with Crippen molar-refractivity contribution in [1.82, 2.24) is 0 Å². The highest BCUT2D eigenvalue weighted by molar-refractivity contribution is 7.92. The van der Waals surface area contributed by atoms with E-state index in [0.29, 0.717) is 18.0 Å². The van der Waals surface area contributed by atoms with Crippen LogP contribution in [0.25, 0.3) is 0 Å². The summed E-state index contributed by atoms with van der Waals surface area (Å²) in [5.74, 6) is 0.0230. The summed E-state index contributed by atoms with van der Waals surface area (Å²) in [5, 5.41) is 2.80. The highest BCUT2D eigenvalue weighted by Gasteiger charge is 2.14. The van der Waals surface area contributed by atoms with Gasteiger partial charge in [-0.05, 0) is 73.2 Å². The molecule has 156 valence electrons. The lowest BCUT2D eigenvalue weighted by Gasteiger charge is -2.10. The maximum Gasteiger partial charge on any atom is 0.261 e. The molecule has 6 nitrogen and oxygen atoms in total. The summed E-state index contributed by atoms with van der Waals surface area (Å²) < 4.78 is 45.4. The maximum absolute atomic E-state index is 13.0. The average Bonchev–Trinajstić information content (AvgIpc) is 2.71. The minimum Gasteiger partial charge on any atom is -0.494 e. The van der Waals surface area contributed by atoms with Gasteiger partial charge in [-0.1, -0.05) is 12.1 Å². The van der Waals surface area contributed by atoms with E-state index in [2.05, 4.69) is 10.0 Å². The van der Waals surface area contributed by atoms with Crippen molar-refractivity contribution < 1.29 is 22.3 Å². The predicted molar refractivity (Wildman–Crippen MR) is 114 cm³/mol. The lowest BCUT2D eigenvalue weighted by Crippen LogP contribution is -2.15. The summed E-state index contributed by atoms with van der Waals surface area (Å²) >= 11 is 0. The fourth-order valence-corrected chi connectivity index (χ4v) is 3.77. The van der Waals surface area contributed by atoms with Crippen molar-refractivity contribution in [2.75, 3.05) is 16.6 Å². The van der Waals surface area contributed by atoms with Crippen molar-refractivity contribution >= 4 is 27.3 Å². The zero-order valence-electron chi connectivity index (χ0n) is 16.3. The highest BCUT2D eigenvalue weighted by atomic mass is 32.2. The van der Waals surface area contributed by atoms with Gasteiger partial charge in [0.25, 0.3) is 10.0 Å². The van der Waals surface area contributed by atoms with Crippen LogP contribution in [0.15, 0.2) is 77.7 Å². The number of hydrogen-bond acceptors (Lipinski definition) is 4. The second kappa shape index (κ2) is 9.41. The molecule has 0 aliphatic heterocycles. The summed E-state index contributed by atoms with van der Waals surface area (Å²) in [5.41, 5.74) is 1.73. The average molecular weight is 428 g/mol. The van der Waals surface area contributed by atoms with E-state index in [9.17, 15) is 17.6 Å². The predicted octanol–water partition coefficient (Wildman–Crippen LogP) is 4.21. The van der Waals surface area contributed by atoms with Gasteiger partial charge in [-0.2, -0.15) is 0 Å². The van der Waals surface area contributed by atoms with Crippen LogP contribution in [-0.2, 0) is 21.2 Å². The number of carbonyl (C=O) groups excluding carboxylic acids is 1. The van der Waals surface area contributed by atoms with Gasteiger partial charge >= 0.3 is 0 Å². The Morgan fingerprint density at radius 2 is 1.50 bits per heavy atom. The molecule has 0 saturated heterocycles. The molecule has 0 radical (unpaired) electrons. The standard InChI is InChI=1S/C22H21FN2O4S/c1-2-29-20-11-9-18(10-12-20)24-22(26)15-16-3-7-19(8-4-16)25-30(27,28)21-13-5-17(23)6-14-21/h3-14,25H,2,15H2,1H3,(H,24,26). The number of anilines is 2. The quantitative estimate of drug-likeness (QED) is 0.563. The Hall–Kier alpha value is -3.39. The summed E-state index contributed by atoms with van der Waals surface area (Å²) in [7, 11) is -3.82. The van der Waals surface area contributed by atoms with Crippen LogP contribution in [0.5, 0.6) is 5.75 Å². The largest absolute Gasteiger partial charge is 0.494 e. The molecule has 0 aliphatic rings. The molecule has 3 rings (SSSR count). The third-order valence-corrected chi connectivity index (χ3v) is 5.54. The first-order valence-electron chi connectivity index (χ1n) is 9.26. The van der Waals surface area contributed by atoms with Crippen LogP contribution in [0, 0.1) is 5.82 Å². The minimum atomic E-state index is -3.82. The second-order valence-corrected chi connectivity index (χ2v) is 8.12. The van der Waals surface area contributed by atoms with Crippen molar-refractivity contribution in [3.05, 3.63) is 84.2 Å². The van der Waals surface area contributed by atoms with E-state index in [0.717, 1.165) is 23.4 Å². The lowest BCUT2D eigenvalue weighted by atomic mass is 10.1. The lowest BCUT2D eigenvalue weighted by molar-refractivity contribution is -0.115. The molecule has 0 fully saturated rings. The summed E-state index contributed by atoms with van der Waals surface area (Å²) in [6.07, 6.45) is 0.137. The molecule has 0 aliphatic carbocycles.